The fourth-order valence-corrected chi connectivity index (χ4v) is 6.33. The van der Waals surface area contributed by atoms with Gasteiger partial charge in [0, 0.05) is 82.6 Å². The van der Waals surface area contributed by atoms with Crippen LogP contribution < -0.4 is 15.7 Å². The standard InChI is InChI=1S/C35H46FN5O2.2C2HF3O2/c1-27-24-40(13-12-37-27)26-29-6-3-8-31(20-29)33-22-28(10-11-34(33)36)23-38-35(43)32-9-4-7-30(21-32)25-39-14-17-41(2,18-15-39)16-5-19-42;2*3-2(4,5)1(6)7/h3-4,6-11,20-22,27,37,42H,5,12-19,23-26H2,1-2H3;2*(H,6,7)/t27-;;/m0../s1. The molecule has 0 bridgehead atoms. The summed E-state index contributed by atoms with van der Waals surface area (Å²) in [6.07, 6.45) is -9.43. The van der Waals surface area contributed by atoms with Crippen LogP contribution in [0.15, 0.2) is 66.7 Å². The fraction of sp³-hybridized carbons (Fsp3) is 0.462. The molecule has 18 heteroatoms. The lowest BCUT2D eigenvalue weighted by atomic mass is 10.00. The zero-order valence-electron chi connectivity index (χ0n) is 31.6. The minimum absolute atomic E-state index is 0.133. The van der Waals surface area contributed by atoms with Gasteiger partial charge in [0.05, 0.1) is 26.7 Å². The summed E-state index contributed by atoms with van der Waals surface area (Å²) in [6, 6.07) is 21.5. The Kier molecular flexibility index (Phi) is 17.4. The van der Waals surface area contributed by atoms with E-state index in [0.29, 0.717) is 23.7 Å². The van der Waals surface area contributed by atoms with E-state index in [-0.39, 0.29) is 18.3 Å². The van der Waals surface area contributed by atoms with E-state index in [2.05, 4.69) is 52.6 Å². The van der Waals surface area contributed by atoms with E-state index in [0.717, 1.165) is 93.0 Å². The predicted octanol–water partition coefficient (Wildman–Crippen LogP) is 3.79. The Balaban J connectivity index is 0.000000531. The van der Waals surface area contributed by atoms with E-state index in [4.69, 9.17) is 19.8 Å². The molecule has 314 valence electrons. The molecule has 5 rings (SSSR count). The minimum Gasteiger partial charge on any atom is -0.542 e. The Morgan fingerprint density at radius 2 is 1.47 bits per heavy atom. The number of benzene rings is 3. The predicted molar refractivity (Wildman–Crippen MR) is 195 cm³/mol. The molecule has 0 saturated carbocycles. The third-order valence-corrected chi connectivity index (χ3v) is 9.42. The summed E-state index contributed by atoms with van der Waals surface area (Å²) in [4.78, 5) is 35.6. The number of alkyl halides is 6. The van der Waals surface area contributed by atoms with Gasteiger partial charge in [0.1, 0.15) is 11.8 Å². The molecule has 11 nitrogen and oxygen atoms in total. The summed E-state index contributed by atoms with van der Waals surface area (Å²) in [5, 5.41) is 31.6. The van der Waals surface area contributed by atoms with Crippen molar-refractivity contribution in [3.63, 3.8) is 0 Å². The van der Waals surface area contributed by atoms with Crippen LogP contribution in [-0.2, 0) is 29.2 Å². The van der Waals surface area contributed by atoms with Gasteiger partial charge in [0.25, 0.3) is 5.91 Å². The van der Waals surface area contributed by atoms with Crippen molar-refractivity contribution in [1.82, 2.24) is 20.4 Å². The van der Waals surface area contributed by atoms with E-state index < -0.39 is 24.3 Å². The maximum absolute atomic E-state index is 15.0. The van der Waals surface area contributed by atoms with E-state index in [1.807, 2.05) is 36.4 Å². The molecule has 0 aliphatic carbocycles. The molecule has 2 aliphatic rings. The van der Waals surface area contributed by atoms with Gasteiger partial charge in [0.2, 0.25) is 0 Å². The molecule has 2 heterocycles. The van der Waals surface area contributed by atoms with Crippen molar-refractivity contribution in [3.8, 4) is 11.1 Å². The van der Waals surface area contributed by atoms with Gasteiger partial charge >= 0.3 is 18.3 Å². The number of carbonyl (C=O) groups is 3. The van der Waals surface area contributed by atoms with E-state index in [1.165, 1.54) is 11.6 Å². The molecule has 2 aliphatic heterocycles. The van der Waals surface area contributed by atoms with Crippen LogP contribution in [0.25, 0.3) is 11.1 Å². The Morgan fingerprint density at radius 3 is 2.05 bits per heavy atom. The molecule has 1 amide bonds. The number of amides is 1. The van der Waals surface area contributed by atoms with Crippen molar-refractivity contribution in [2.45, 2.75) is 51.4 Å². The zero-order valence-corrected chi connectivity index (χ0v) is 31.6. The second-order valence-corrected chi connectivity index (χ2v) is 14.2. The first-order valence-corrected chi connectivity index (χ1v) is 18.1. The smallest absolute Gasteiger partial charge is 0.490 e. The summed E-state index contributed by atoms with van der Waals surface area (Å²) >= 11 is 0. The quantitative estimate of drug-likeness (QED) is 0.168. The number of carboxylic acids is 2. The number of piperazine rings is 2. The largest absolute Gasteiger partial charge is 0.542 e. The SMILES string of the molecule is C[C@H]1CN(Cc2cccc(-c3cc(CNC(=O)c4cccc(CN5CC[N+](C)(CCCO)CC5)c4)ccc3F)c2)CCN1.O=C(O)C(F)(F)F.O=C([O-])C(F)(F)F. The lowest BCUT2D eigenvalue weighted by molar-refractivity contribution is -0.914. The number of aliphatic hydroxyl groups excluding tert-OH is 1. The Morgan fingerprint density at radius 1 is 0.877 bits per heavy atom. The second-order valence-electron chi connectivity index (χ2n) is 14.2. The number of hydrogen-bond acceptors (Lipinski definition) is 8. The average molecular weight is 816 g/mol. The number of quaternary nitrogens is 1. The molecule has 1 atom stereocenters. The average Bonchev–Trinajstić information content (AvgIpc) is 3.14. The van der Waals surface area contributed by atoms with Crippen LogP contribution in [0.2, 0.25) is 0 Å². The van der Waals surface area contributed by atoms with Gasteiger partial charge < -0.3 is 35.2 Å². The van der Waals surface area contributed by atoms with Crippen LogP contribution >= 0.6 is 0 Å². The molecule has 2 saturated heterocycles. The van der Waals surface area contributed by atoms with Crippen LogP contribution in [0.1, 0.15) is 40.4 Å². The van der Waals surface area contributed by atoms with Gasteiger partial charge in [-0.25, -0.2) is 9.18 Å². The highest BCUT2D eigenvalue weighted by atomic mass is 19.4. The lowest BCUT2D eigenvalue weighted by Gasteiger charge is -2.42. The molecule has 4 N–H and O–H groups in total. The summed E-state index contributed by atoms with van der Waals surface area (Å²) in [5.74, 6) is -6.16. The number of rotatable bonds is 11. The number of carboxylic acid groups (broad SMARTS) is 2. The Bertz CT molecular complexity index is 1760. The highest BCUT2D eigenvalue weighted by Crippen LogP contribution is 2.26. The number of hydrogen-bond donors (Lipinski definition) is 4. The van der Waals surface area contributed by atoms with Crippen LogP contribution in [0.3, 0.4) is 0 Å². The maximum Gasteiger partial charge on any atom is 0.490 e. The minimum atomic E-state index is -5.19. The van der Waals surface area contributed by atoms with Gasteiger partial charge in [-0.15, -0.1) is 0 Å². The first-order valence-electron chi connectivity index (χ1n) is 18.1. The van der Waals surface area contributed by atoms with Crippen molar-refractivity contribution in [2.75, 3.05) is 66.0 Å². The zero-order chi connectivity index (χ0) is 42.4. The van der Waals surface area contributed by atoms with Crippen molar-refractivity contribution < 1.29 is 64.9 Å². The number of nitrogens with one attached hydrogen (secondary N) is 2. The van der Waals surface area contributed by atoms with Gasteiger partial charge in [-0.2, -0.15) is 26.3 Å². The molecular weight excluding hydrogens is 767 g/mol. The van der Waals surface area contributed by atoms with Crippen molar-refractivity contribution in [3.05, 3.63) is 94.8 Å². The number of nitrogens with zero attached hydrogens (tertiary/aromatic N) is 3. The molecule has 0 radical (unpaired) electrons. The summed E-state index contributed by atoms with van der Waals surface area (Å²) in [5.41, 5.74) is 5.19. The maximum atomic E-state index is 15.0. The van der Waals surface area contributed by atoms with Crippen LogP contribution in [0.4, 0.5) is 30.7 Å². The number of likely N-dealkylation sites (N-methyl/N-ethyl adjacent to an activating group) is 1. The van der Waals surface area contributed by atoms with Crippen LogP contribution in [0.5, 0.6) is 0 Å². The van der Waals surface area contributed by atoms with E-state index in [9.17, 15) is 40.6 Å². The summed E-state index contributed by atoms with van der Waals surface area (Å²) in [7, 11) is 2.27. The number of halogens is 7. The van der Waals surface area contributed by atoms with Gasteiger partial charge in [-0.1, -0.05) is 36.4 Å². The number of aliphatic carboxylic acids is 2. The van der Waals surface area contributed by atoms with Crippen molar-refractivity contribution in [2.24, 2.45) is 0 Å². The second kappa shape index (κ2) is 21.2. The van der Waals surface area contributed by atoms with Crippen LogP contribution in [-0.4, -0.2) is 127 Å². The topological polar surface area (TPSA) is 145 Å². The summed E-state index contributed by atoms with van der Waals surface area (Å²) in [6.45, 7) is 12.6. The molecule has 0 unspecified atom stereocenters. The molecule has 0 aromatic heterocycles. The van der Waals surface area contributed by atoms with Crippen molar-refractivity contribution in [1.29, 1.82) is 0 Å². The number of carbonyl (C=O) groups excluding carboxylic acids is 2. The molecule has 3 aromatic rings. The van der Waals surface area contributed by atoms with Gasteiger partial charge in [-0.05, 0) is 59.5 Å². The normalized spacial score (nSPS) is 17.3. The van der Waals surface area contributed by atoms with Gasteiger partial charge in [-0.3, -0.25) is 14.6 Å². The third kappa shape index (κ3) is 16.0. The highest BCUT2D eigenvalue weighted by Gasteiger charge is 2.38. The molecule has 2 fully saturated rings. The van der Waals surface area contributed by atoms with E-state index >= 15 is 0 Å². The number of aliphatic hydroxyl groups is 1. The molecule has 57 heavy (non-hydrogen) atoms. The summed E-state index contributed by atoms with van der Waals surface area (Å²) < 4.78 is 79.3. The van der Waals surface area contributed by atoms with E-state index in [1.54, 1.807) is 6.07 Å². The Labute approximate surface area is 326 Å². The van der Waals surface area contributed by atoms with Gasteiger partial charge in [0.15, 0.2) is 0 Å². The Hall–Kier alpha value is -4.62. The first-order chi connectivity index (χ1) is 26.7. The van der Waals surface area contributed by atoms with Crippen molar-refractivity contribution >= 4 is 17.8 Å². The highest BCUT2D eigenvalue weighted by molar-refractivity contribution is 5.94. The lowest BCUT2D eigenvalue weighted by Crippen LogP contribution is -2.57. The fourth-order valence-electron chi connectivity index (χ4n) is 6.33. The molecule has 3 aromatic carbocycles. The third-order valence-electron chi connectivity index (χ3n) is 9.42. The molecule has 0 spiro atoms. The van der Waals surface area contributed by atoms with Crippen LogP contribution in [0, 0.1) is 5.82 Å². The monoisotopic (exact) mass is 815 g/mol. The molecular formula is C39H48F7N5O6. The first kappa shape index (κ1) is 46.8.